The zero-order valence-corrected chi connectivity index (χ0v) is 19.4. The van der Waals surface area contributed by atoms with Gasteiger partial charge < -0.3 is 4.74 Å². The normalized spacial score (nSPS) is 39.9. The molecule has 0 heterocycles. The lowest BCUT2D eigenvalue weighted by Crippen LogP contribution is -2.64. The molecule has 0 aliphatic heterocycles. The molecule has 0 aromatic heterocycles. The Labute approximate surface area is 187 Å². The standard InChI is InChI=1S/C28H38O3/c1-18-14-15-22(27(2,3)19-9-5-4-6-10-19)24(17-18)31-26(30)28-16-8-13-23(29)25(28)20-11-7-12-21(20)28/h4-6,9-10,18,20-22,24-25H,7-8,11-17H2,1-3H3/t18-,20+,21-,22-,24-,25+,28-/m1/s1. The van der Waals surface area contributed by atoms with Crippen molar-refractivity contribution >= 4 is 11.8 Å². The van der Waals surface area contributed by atoms with Gasteiger partial charge in [0.15, 0.2) is 0 Å². The summed E-state index contributed by atoms with van der Waals surface area (Å²) in [5.41, 5.74) is 0.763. The molecule has 4 aliphatic carbocycles. The molecule has 0 bridgehead atoms. The van der Waals surface area contributed by atoms with E-state index >= 15 is 0 Å². The van der Waals surface area contributed by atoms with Crippen LogP contribution in [0.15, 0.2) is 30.3 Å². The molecular weight excluding hydrogens is 384 g/mol. The van der Waals surface area contributed by atoms with Gasteiger partial charge in [-0.05, 0) is 67.3 Å². The van der Waals surface area contributed by atoms with Gasteiger partial charge in [-0.25, -0.2) is 0 Å². The van der Waals surface area contributed by atoms with Gasteiger partial charge in [-0.2, -0.15) is 0 Å². The second-order valence-electron chi connectivity index (χ2n) is 11.6. The smallest absolute Gasteiger partial charge is 0.313 e. The zero-order valence-electron chi connectivity index (χ0n) is 19.4. The van der Waals surface area contributed by atoms with E-state index in [2.05, 4.69) is 51.1 Å². The molecule has 31 heavy (non-hydrogen) atoms. The summed E-state index contributed by atoms with van der Waals surface area (Å²) in [6, 6.07) is 10.7. The zero-order chi connectivity index (χ0) is 21.8. The van der Waals surface area contributed by atoms with Crippen molar-refractivity contribution in [2.24, 2.45) is 35.0 Å². The molecule has 4 saturated carbocycles. The van der Waals surface area contributed by atoms with E-state index in [1.54, 1.807) is 0 Å². The average molecular weight is 423 g/mol. The highest BCUT2D eigenvalue weighted by Crippen LogP contribution is 2.68. The molecular formula is C28H38O3. The van der Waals surface area contributed by atoms with Crippen molar-refractivity contribution in [2.45, 2.75) is 90.1 Å². The number of benzene rings is 1. The minimum Gasteiger partial charge on any atom is -0.462 e. The molecule has 0 saturated heterocycles. The van der Waals surface area contributed by atoms with E-state index < -0.39 is 5.41 Å². The predicted molar refractivity (Wildman–Crippen MR) is 121 cm³/mol. The molecule has 0 radical (unpaired) electrons. The lowest BCUT2D eigenvalue weighted by atomic mass is 9.43. The minimum absolute atomic E-state index is 0.0262. The van der Waals surface area contributed by atoms with Crippen molar-refractivity contribution in [2.75, 3.05) is 0 Å². The van der Waals surface area contributed by atoms with Gasteiger partial charge >= 0.3 is 5.97 Å². The average Bonchev–Trinajstić information content (AvgIpc) is 3.16. The van der Waals surface area contributed by atoms with Gasteiger partial charge in [0.2, 0.25) is 0 Å². The van der Waals surface area contributed by atoms with E-state index in [9.17, 15) is 9.59 Å². The maximum absolute atomic E-state index is 13.9. The topological polar surface area (TPSA) is 43.4 Å². The monoisotopic (exact) mass is 422 g/mol. The summed E-state index contributed by atoms with van der Waals surface area (Å²) in [6.45, 7) is 6.91. The summed E-state index contributed by atoms with van der Waals surface area (Å²) in [6.07, 6.45) is 8.92. The van der Waals surface area contributed by atoms with E-state index in [1.165, 1.54) is 12.0 Å². The first-order valence-corrected chi connectivity index (χ1v) is 12.6. The third-order valence-corrected chi connectivity index (χ3v) is 9.71. The Morgan fingerprint density at radius 1 is 1.06 bits per heavy atom. The number of rotatable bonds is 4. The second kappa shape index (κ2) is 7.74. The number of ketones is 1. The number of hydrogen-bond donors (Lipinski definition) is 0. The van der Waals surface area contributed by atoms with E-state index in [4.69, 9.17) is 4.74 Å². The van der Waals surface area contributed by atoms with E-state index in [0.29, 0.717) is 35.9 Å². The van der Waals surface area contributed by atoms with Crippen LogP contribution in [0.25, 0.3) is 0 Å². The summed E-state index contributed by atoms with van der Waals surface area (Å²) in [4.78, 5) is 26.7. The summed E-state index contributed by atoms with van der Waals surface area (Å²) in [5, 5.41) is 0. The third-order valence-electron chi connectivity index (χ3n) is 9.71. The molecule has 3 nitrogen and oxygen atoms in total. The molecule has 0 N–H and O–H groups in total. The van der Waals surface area contributed by atoms with Gasteiger partial charge in [-0.3, -0.25) is 9.59 Å². The molecule has 0 amide bonds. The lowest BCUT2D eigenvalue weighted by molar-refractivity contribution is -0.207. The summed E-state index contributed by atoms with van der Waals surface area (Å²) >= 11 is 0. The summed E-state index contributed by atoms with van der Waals surface area (Å²) in [5.74, 6) is 1.97. The Balaban J connectivity index is 1.41. The third kappa shape index (κ3) is 3.21. The molecule has 7 atom stereocenters. The number of carbonyl (C=O) groups is 2. The Kier molecular flexibility index (Phi) is 5.30. The Hall–Kier alpha value is -1.64. The van der Waals surface area contributed by atoms with Crippen molar-refractivity contribution < 1.29 is 14.3 Å². The first-order valence-electron chi connectivity index (χ1n) is 12.6. The highest BCUT2D eigenvalue weighted by atomic mass is 16.5. The maximum Gasteiger partial charge on any atom is 0.313 e. The fourth-order valence-corrected chi connectivity index (χ4v) is 8.09. The van der Waals surface area contributed by atoms with Crippen molar-refractivity contribution in [3.63, 3.8) is 0 Å². The number of carbonyl (C=O) groups excluding carboxylic acids is 2. The molecule has 1 aromatic rings. The van der Waals surface area contributed by atoms with Gasteiger partial charge in [0.1, 0.15) is 11.9 Å². The Morgan fingerprint density at radius 3 is 2.61 bits per heavy atom. The van der Waals surface area contributed by atoms with Crippen LogP contribution in [0, 0.1) is 35.0 Å². The highest BCUT2D eigenvalue weighted by molar-refractivity contribution is 5.93. The van der Waals surface area contributed by atoms with E-state index in [0.717, 1.165) is 44.9 Å². The number of esters is 1. The summed E-state index contributed by atoms with van der Waals surface area (Å²) < 4.78 is 6.51. The van der Waals surface area contributed by atoms with Gasteiger partial charge in [-0.1, -0.05) is 63.9 Å². The van der Waals surface area contributed by atoms with Crippen LogP contribution in [0.5, 0.6) is 0 Å². The number of fused-ring (bicyclic) bond motifs is 4. The number of ether oxygens (including phenoxy) is 1. The molecule has 0 unspecified atom stereocenters. The Bertz CT molecular complexity index is 843. The van der Waals surface area contributed by atoms with Crippen LogP contribution in [0.3, 0.4) is 0 Å². The van der Waals surface area contributed by atoms with Crippen molar-refractivity contribution in [1.29, 1.82) is 0 Å². The van der Waals surface area contributed by atoms with E-state index in [1.807, 2.05) is 0 Å². The van der Waals surface area contributed by atoms with Crippen LogP contribution in [0.2, 0.25) is 0 Å². The van der Waals surface area contributed by atoms with Crippen LogP contribution in [0.4, 0.5) is 0 Å². The van der Waals surface area contributed by atoms with Crippen LogP contribution < -0.4 is 0 Å². The summed E-state index contributed by atoms with van der Waals surface area (Å²) in [7, 11) is 0. The quantitative estimate of drug-likeness (QED) is 0.551. The van der Waals surface area contributed by atoms with Crippen LogP contribution >= 0.6 is 0 Å². The van der Waals surface area contributed by atoms with Crippen LogP contribution in [0.1, 0.15) is 84.1 Å². The van der Waals surface area contributed by atoms with Crippen LogP contribution in [-0.2, 0) is 19.7 Å². The Morgan fingerprint density at radius 2 is 1.84 bits per heavy atom. The molecule has 4 aliphatic rings. The second-order valence-corrected chi connectivity index (χ2v) is 11.6. The van der Waals surface area contributed by atoms with Gasteiger partial charge in [0, 0.05) is 18.3 Å². The molecule has 4 fully saturated rings. The van der Waals surface area contributed by atoms with Gasteiger partial charge in [-0.15, -0.1) is 0 Å². The van der Waals surface area contributed by atoms with Crippen molar-refractivity contribution in [3.05, 3.63) is 35.9 Å². The van der Waals surface area contributed by atoms with Crippen molar-refractivity contribution in [3.8, 4) is 0 Å². The van der Waals surface area contributed by atoms with Gasteiger partial charge in [0.05, 0.1) is 5.41 Å². The SMILES string of the molecule is C[C@@H]1CC[C@@H](C(C)(C)c2ccccc2)[C@H](OC(=O)[C@@]23CCCC(=O)[C@@H]2[C@H]2CCC[C@H]23)C1. The fourth-order valence-electron chi connectivity index (χ4n) is 8.09. The molecule has 5 rings (SSSR count). The number of hydrogen-bond acceptors (Lipinski definition) is 3. The highest BCUT2D eigenvalue weighted by Gasteiger charge is 2.70. The van der Waals surface area contributed by atoms with E-state index in [-0.39, 0.29) is 23.4 Å². The van der Waals surface area contributed by atoms with Gasteiger partial charge in [0.25, 0.3) is 0 Å². The predicted octanol–water partition coefficient (Wildman–Crippen LogP) is 6.10. The number of Topliss-reactive ketones (excluding diaryl/α,β-unsaturated/α-hetero) is 1. The van der Waals surface area contributed by atoms with Crippen molar-refractivity contribution in [1.82, 2.24) is 0 Å². The molecule has 3 heteroatoms. The largest absolute Gasteiger partial charge is 0.462 e. The fraction of sp³-hybridized carbons (Fsp3) is 0.714. The first-order chi connectivity index (χ1) is 14.9. The minimum atomic E-state index is -0.501. The molecule has 0 spiro atoms. The first kappa shape index (κ1) is 21.2. The molecule has 1 aromatic carbocycles. The molecule has 168 valence electrons. The maximum atomic E-state index is 13.9. The lowest BCUT2D eigenvalue weighted by Gasteiger charge is -2.59. The van der Waals surface area contributed by atoms with Crippen LogP contribution in [-0.4, -0.2) is 17.9 Å².